The number of hydrogen-bond acceptors (Lipinski definition) is 4. The van der Waals surface area contributed by atoms with Crippen LogP contribution in [0.5, 0.6) is 5.88 Å². The largest absolute Gasteiger partial charge is 0.477 e. The molecule has 0 atom stereocenters. The fourth-order valence-electron chi connectivity index (χ4n) is 1.61. The molecule has 92 valence electrons. The highest BCUT2D eigenvalue weighted by Gasteiger charge is 2.08. The van der Waals surface area contributed by atoms with Gasteiger partial charge < -0.3 is 4.74 Å². The Bertz CT molecular complexity index is 486. The van der Waals surface area contributed by atoms with E-state index in [0.29, 0.717) is 12.5 Å². The molecule has 2 aromatic rings. The predicted octanol–water partition coefficient (Wildman–Crippen LogP) is 4.30. The molecular formula is C12H15ClN2OS. The number of fused-ring (bicyclic) bond motifs is 1. The Hall–Kier alpha value is -0.870. The molecule has 0 bridgehead atoms. The average Bonchev–Trinajstić information content (AvgIpc) is 2.76. The van der Waals surface area contributed by atoms with Gasteiger partial charge in [-0.1, -0.05) is 26.2 Å². The molecular weight excluding hydrogens is 256 g/mol. The van der Waals surface area contributed by atoms with Gasteiger partial charge in [-0.15, -0.1) is 11.3 Å². The Morgan fingerprint density at radius 2 is 2.18 bits per heavy atom. The molecule has 0 fully saturated rings. The first-order valence-electron chi connectivity index (χ1n) is 5.85. The summed E-state index contributed by atoms with van der Waals surface area (Å²) in [6.07, 6.45) is 4.74. The topological polar surface area (TPSA) is 35.0 Å². The quantitative estimate of drug-likeness (QED) is 0.580. The maximum absolute atomic E-state index is 5.85. The standard InChI is InChI=1S/C12H15ClN2OS/c1-2-3-4-5-7-16-10-9-6-8-17-11(9)15-12(13)14-10/h6,8H,2-5,7H2,1H3. The third-order valence-corrected chi connectivity index (χ3v) is 3.48. The van der Waals surface area contributed by atoms with Gasteiger partial charge in [-0.2, -0.15) is 4.98 Å². The van der Waals surface area contributed by atoms with Crippen LogP contribution in [0.4, 0.5) is 0 Å². The third kappa shape index (κ3) is 3.30. The van der Waals surface area contributed by atoms with Crippen LogP contribution in [0, 0.1) is 0 Å². The molecule has 0 aromatic carbocycles. The molecule has 0 radical (unpaired) electrons. The van der Waals surface area contributed by atoms with E-state index in [1.54, 1.807) is 11.3 Å². The maximum atomic E-state index is 5.85. The molecule has 0 amide bonds. The van der Waals surface area contributed by atoms with Crippen LogP contribution in [0.25, 0.3) is 10.2 Å². The van der Waals surface area contributed by atoms with Crippen molar-refractivity contribution >= 4 is 33.2 Å². The van der Waals surface area contributed by atoms with E-state index >= 15 is 0 Å². The fraction of sp³-hybridized carbons (Fsp3) is 0.500. The van der Waals surface area contributed by atoms with Gasteiger partial charge in [0.05, 0.1) is 12.0 Å². The lowest BCUT2D eigenvalue weighted by Crippen LogP contribution is -2.00. The van der Waals surface area contributed by atoms with E-state index in [4.69, 9.17) is 16.3 Å². The van der Waals surface area contributed by atoms with Crippen molar-refractivity contribution in [2.45, 2.75) is 32.6 Å². The van der Waals surface area contributed by atoms with Gasteiger partial charge in [0.2, 0.25) is 11.2 Å². The van der Waals surface area contributed by atoms with Crippen LogP contribution < -0.4 is 4.74 Å². The zero-order valence-corrected chi connectivity index (χ0v) is 11.4. The summed E-state index contributed by atoms with van der Waals surface area (Å²) in [6.45, 7) is 2.89. The average molecular weight is 271 g/mol. The molecule has 0 N–H and O–H groups in total. The van der Waals surface area contributed by atoms with Gasteiger partial charge in [-0.3, -0.25) is 0 Å². The summed E-state index contributed by atoms with van der Waals surface area (Å²) in [7, 11) is 0. The van der Waals surface area contributed by atoms with Gasteiger partial charge in [0.15, 0.2) is 0 Å². The lowest BCUT2D eigenvalue weighted by Gasteiger charge is -2.06. The van der Waals surface area contributed by atoms with Crippen LogP contribution in [-0.4, -0.2) is 16.6 Å². The van der Waals surface area contributed by atoms with E-state index in [9.17, 15) is 0 Å². The third-order valence-electron chi connectivity index (χ3n) is 2.50. The smallest absolute Gasteiger partial charge is 0.227 e. The number of rotatable bonds is 6. The minimum Gasteiger partial charge on any atom is -0.477 e. The van der Waals surface area contributed by atoms with E-state index in [1.165, 1.54) is 19.3 Å². The predicted molar refractivity (Wildman–Crippen MR) is 72.1 cm³/mol. The normalized spacial score (nSPS) is 10.9. The summed E-state index contributed by atoms with van der Waals surface area (Å²) in [4.78, 5) is 9.16. The van der Waals surface area contributed by atoms with E-state index in [2.05, 4.69) is 16.9 Å². The van der Waals surface area contributed by atoms with Gasteiger partial charge >= 0.3 is 0 Å². The highest BCUT2D eigenvalue weighted by molar-refractivity contribution is 7.16. The second kappa shape index (κ2) is 6.17. The Labute approximate surface area is 110 Å². The van der Waals surface area contributed by atoms with Crippen molar-refractivity contribution in [2.24, 2.45) is 0 Å². The molecule has 0 aliphatic carbocycles. The van der Waals surface area contributed by atoms with E-state index in [0.717, 1.165) is 16.6 Å². The molecule has 2 heterocycles. The highest BCUT2D eigenvalue weighted by Crippen LogP contribution is 2.28. The van der Waals surface area contributed by atoms with Crippen molar-refractivity contribution in [1.29, 1.82) is 0 Å². The number of thiophene rings is 1. The number of hydrogen-bond donors (Lipinski definition) is 0. The molecule has 2 rings (SSSR count). The molecule has 0 saturated heterocycles. The second-order valence-electron chi connectivity index (χ2n) is 3.85. The lowest BCUT2D eigenvalue weighted by molar-refractivity contribution is 0.297. The first kappa shape index (κ1) is 12.6. The summed E-state index contributed by atoms with van der Waals surface area (Å²) in [5.41, 5.74) is 0. The highest BCUT2D eigenvalue weighted by atomic mass is 35.5. The number of unbranched alkanes of at least 4 members (excludes halogenated alkanes) is 3. The van der Waals surface area contributed by atoms with Crippen LogP contribution in [0.15, 0.2) is 11.4 Å². The summed E-state index contributed by atoms with van der Waals surface area (Å²) < 4.78 is 5.68. The van der Waals surface area contributed by atoms with Crippen molar-refractivity contribution in [3.05, 3.63) is 16.7 Å². The van der Waals surface area contributed by atoms with E-state index < -0.39 is 0 Å². The molecule has 17 heavy (non-hydrogen) atoms. The SMILES string of the molecule is CCCCCCOc1nc(Cl)nc2sccc12. The number of nitrogens with zero attached hydrogens (tertiary/aromatic N) is 2. The second-order valence-corrected chi connectivity index (χ2v) is 5.08. The van der Waals surface area contributed by atoms with Crippen LogP contribution in [0.2, 0.25) is 5.28 Å². The van der Waals surface area contributed by atoms with E-state index in [1.807, 2.05) is 11.4 Å². The van der Waals surface area contributed by atoms with Gasteiger partial charge in [-0.25, -0.2) is 4.98 Å². The van der Waals surface area contributed by atoms with Gasteiger partial charge in [0, 0.05) is 0 Å². The summed E-state index contributed by atoms with van der Waals surface area (Å²) in [5.74, 6) is 0.609. The van der Waals surface area contributed by atoms with Crippen LogP contribution in [0.1, 0.15) is 32.6 Å². The maximum Gasteiger partial charge on any atom is 0.227 e. The molecule has 0 spiro atoms. The van der Waals surface area contributed by atoms with Gasteiger partial charge in [0.25, 0.3) is 0 Å². The lowest BCUT2D eigenvalue weighted by atomic mass is 10.2. The first-order chi connectivity index (χ1) is 8.31. The van der Waals surface area contributed by atoms with Gasteiger partial charge in [0.1, 0.15) is 4.83 Å². The molecule has 0 aliphatic heterocycles. The zero-order valence-electron chi connectivity index (χ0n) is 9.78. The molecule has 2 aromatic heterocycles. The molecule has 3 nitrogen and oxygen atoms in total. The molecule has 0 saturated carbocycles. The van der Waals surface area contributed by atoms with Crippen LogP contribution in [-0.2, 0) is 0 Å². The fourth-order valence-corrected chi connectivity index (χ4v) is 2.58. The molecule has 5 heteroatoms. The number of ether oxygens (including phenoxy) is 1. The summed E-state index contributed by atoms with van der Waals surface area (Å²) in [6, 6.07) is 1.97. The first-order valence-corrected chi connectivity index (χ1v) is 7.10. The Kier molecular flexibility index (Phi) is 4.57. The Morgan fingerprint density at radius 1 is 1.29 bits per heavy atom. The van der Waals surface area contributed by atoms with Gasteiger partial charge in [-0.05, 0) is 29.5 Å². The monoisotopic (exact) mass is 270 g/mol. The van der Waals surface area contributed by atoms with Crippen LogP contribution >= 0.6 is 22.9 Å². The van der Waals surface area contributed by atoms with E-state index in [-0.39, 0.29) is 5.28 Å². The molecule has 0 aliphatic rings. The number of halogens is 1. The summed E-state index contributed by atoms with van der Waals surface area (Å²) in [5, 5.41) is 3.18. The minimum absolute atomic E-state index is 0.253. The molecule has 0 unspecified atom stereocenters. The van der Waals surface area contributed by atoms with Crippen molar-refractivity contribution < 1.29 is 4.74 Å². The van der Waals surface area contributed by atoms with Crippen molar-refractivity contribution in [3.63, 3.8) is 0 Å². The Balaban J connectivity index is 2.00. The Morgan fingerprint density at radius 3 is 3.00 bits per heavy atom. The van der Waals surface area contributed by atoms with Crippen molar-refractivity contribution in [3.8, 4) is 5.88 Å². The minimum atomic E-state index is 0.253. The van der Waals surface area contributed by atoms with Crippen molar-refractivity contribution in [1.82, 2.24) is 9.97 Å². The summed E-state index contributed by atoms with van der Waals surface area (Å²) >= 11 is 7.40. The number of aromatic nitrogens is 2. The van der Waals surface area contributed by atoms with Crippen molar-refractivity contribution in [2.75, 3.05) is 6.61 Å². The zero-order chi connectivity index (χ0) is 12.1. The van der Waals surface area contributed by atoms with Crippen LogP contribution in [0.3, 0.4) is 0 Å².